The number of nitrogens with zero attached hydrogens (tertiary/aromatic N) is 3. The lowest BCUT2D eigenvalue weighted by atomic mass is 10.2. The van der Waals surface area contributed by atoms with E-state index in [9.17, 15) is 13.2 Å². The van der Waals surface area contributed by atoms with Gasteiger partial charge in [0, 0.05) is 22.0 Å². The van der Waals surface area contributed by atoms with Gasteiger partial charge in [-0.25, -0.2) is 13.8 Å². The van der Waals surface area contributed by atoms with Gasteiger partial charge in [0.1, 0.15) is 6.54 Å². The molecule has 4 aromatic rings. The van der Waals surface area contributed by atoms with Crippen molar-refractivity contribution < 1.29 is 13.2 Å². The van der Waals surface area contributed by atoms with Gasteiger partial charge in [-0.05, 0) is 69.3 Å². The lowest BCUT2D eigenvalue weighted by Gasteiger charge is -2.24. The molecule has 0 saturated heterocycles. The first kappa shape index (κ1) is 28.7. The van der Waals surface area contributed by atoms with Crippen molar-refractivity contribution in [2.24, 2.45) is 5.10 Å². The molecule has 0 unspecified atom stereocenters. The van der Waals surface area contributed by atoms with Crippen molar-refractivity contribution in [2.75, 3.05) is 10.8 Å². The molecule has 0 radical (unpaired) electrons. The first-order valence-corrected chi connectivity index (χ1v) is 14.4. The number of hydrogen-bond acceptors (Lipinski definition) is 4. The highest BCUT2D eigenvalue weighted by atomic mass is 35.5. The molecular formula is C28H25Cl3N4O3S. The Bertz CT molecular complexity index is 1670. The molecule has 0 fully saturated rings. The quantitative estimate of drug-likeness (QED) is 0.180. The number of benzene rings is 3. The molecule has 0 spiro atoms. The second-order valence-electron chi connectivity index (χ2n) is 8.83. The van der Waals surface area contributed by atoms with Crippen LogP contribution in [0.4, 0.5) is 5.69 Å². The summed E-state index contributed by atoms with van der Waals surface area (Å²) in [5.41, 5.74) is 6.76. The zero-order valence-corrected chi connectivity index (χ0v) is 24.4. The van der Waals surface area contributed by atoms with E-state index >= 15 is 0 Å². The number of aryl methyl sites for hydroxylation is 2. The minimum absolute atomic E-state index is 0.0395. The third-order valence-electron chi connectivity index (χ3n) is 6.03. The Hall–Kier alpha value is -3.30. The number of carbonyl (C=O) groups excluding carboxylic acids is 1. The number of sulfonamides is 1. The van der Waals surface area contributed by atoms with Gasteiger partial charge in [0.15, 0.2) is 0 Å². The predicted octanol–water partition coefficient (Wildman–Crippen LogP) is 6.71. The Kier molecular flexibility index (Phi) is 8.71. The zero-order valence-electron chi connectivity index (χ0n) is 21.3. The van der Waals surface area contributed by atoms with Gasteiger partial charge in [0.2, 0.25) is 0 Å². The fourth-order valence-electron chi connectivity index (χ4n) is 4.08. The summed E-state index contributed by atoms with van der Waals surface area (Å²) >= 11 is 18.8. The van der Waals surface area contributed by atoms with E-state index in [0.717, 1.165) is 32.5 Å². The smallest absolute Gasteiger partial charge is 0.264 e. The van der Waals surface area contributed by atoms with E-state index in [2.05, 4.69) is 10.5 Å². The van der Waals surface area contributed by atoms with Crippen molar-refractivity contribution >= 4 is 62.6 Å². The molecule has 0 aliphatic rings. The Morgan fingerprint density at radius 3 is 2.31 bits per heavy atom. The molecule has 202 valence electrons. The third-order valence-corrected chi connectivity index (χ3v) is 8.66. The van der Waals surface area contributed by atoms with Crippen molar-refractivity contribution in [3.8, 4) is 5.69 Å². The molecule has 11 heteroatoms. The summed E-state index contributed by atoms with van der Waals surface area (Å²) in [6.07, 6.45) is 1.49. The minimum atomic E-state index is -4.10. The van der Waals surface area contributed by atoms with E-state index in [1.165, 1.54) is 18.3 Å². The van der Waals surface area contributed by atoms with E-state index in [4.69, 9.17) is 34.8 Å². The minimum Gasteiger partial charge on any atom is -0.316 e. The van der Waals surface area contributed by atoms with Crippen LogP contribution >= 0.6 is 34.8 Å². The fraction of sp³-hybridized carbons (Fsp3) is 0.143. The average Bonchev–Trinajstić information content (AvgIpc) is 3.16. The molecular weight excluding hydrogens is 579 g/mol. The number of rotatable bonds is 8. The molecule has 0 saturated carbocycles. The van der Waals surface area contributed by atoms with E-state index in [-0.39, 0.29) is 15.6 Å². The SMILES string of the molecule is Cc1ccc(S(=O)(=O)N(CC(=O)N/N=C\c2cc(C)n(-c3ccc(Cl)cc3Cl)c2C)c2ccccc2Cl)cc1. The molecule has 0 atom stereocenters. The standard InChI is InChI=1S/C28H25Cl3N4O3S/c1-18-8-11-23(12-9-18)39(37,38)34(26-7-5-4-6-24(26)30)17-28(36)33-32-16-21-14-19(2)35(20(21)3)27-13-10-22(29)15-25(27)31/h4-16H,17H2,1-3H3,(H,33,36)/b32-16-. The number of halogens is 3. The van der Waals surface area contributed by atoms with Crippen LogP contribution in [0.2, 0.25) is 15.1 Å². The second-order valence-corrected chi connectivity index (χ2v) is 11.9. The molecule has 4 rings (SSSR count). The lowest BCUT2D eigenvalue weighted by molar-refractivity contribution is -0.119. The van der Waals surface area contributed by atoms with Gasteiger partial charge in [-0.1, -0.05) is 64.6 Å². The molecule has 39 heavy (non-hydrogen) atoms. The van der Waals surface area contributed by atoms with Crippen LogP contribution in [0.1, 0.15) is 22.5 Å². The molecule has 7 nitrogen and oxygen atoms in total. The van der Waals surface area contributed by atoms with Gasteiger partial charge in [0.25, 0.3) is 15.9 Å². The van der Waals surface area contributed by atoms with Crippen LogP contribution in [0.15, 0.2) is 82.8 Å². The van der Waals surface area contributed by atoms with Crippen molar-refractivity contribution in [2.45, 2.75) is 25.7 Å². The summed E-state index contributed by atoms with van der Waals surface area (Å²) in [7, 11) is -4.10. The van der Waals surface area contributed by atoms with Gasteiger partial charge in [-0.2, -0.15) is 5.10 Å². The van der Waals surface area contributed by atoms with Crippen LogP contribution in [-0.2, 0) is 14.8 Å². The van der Waals surface area contributed by atoms with Crippen LogP contribution in [0.5, 0.6) is 0 Å². The number of nitrogens with one attached hydrogen (secondary N) is 1. The Labute approximate surface area is 242 Å². The summed E-state index contributed by atoms with van der Waals surface area (Å²) in [4.78, 5) is 12.9. The highest BCUT2D eigenvalue weighted by Crippen LogP contribution is 2.31. The maximum atomic E-state index is 13.5. The van der Waals surface area contributed by atoms with Crippen molar-refractivity contribution in [3.05, 3.63) is 110 Å². The molecule has 3 aromatic carbocycles. The summed E-state index contributed by atoms with van der Waals surface area (Å²) in [5, 5.41) is 5.30. The first-order chi connectivity index (χ1) is 18.5. The normalized spacial score (nSPS) is 11.6. The summed E-state index contributed by atoms with van der Waals surface area (Å²) in [6, 6.07) is 19.9. The first-order valence-electron chi connectivity index (χ1n) is 11.8. The number of anilines is 1. The maximum Gasteiger partial charge on any atom is 0.264 e. The molecule has 0 aliphatic carbocycles. The van der Waals surface area contributed by atoms with Crippen LogP contribution in [-0.4, -0.2) is 31.7 Å². The van der Waals surface area contributed by atoms with Crippen LogP contribution in [0.25, 0.3) is 5.69 Å². The highest BCUT2D eigenvalue weighted by Gasteiger charge is 2.28. The average molecular weight is 604 g/mol. The van der Waals surface area contributed by atoms with Gasteiger partial charge >= 0.3 is 0 Å². The lowest BCUT2D eigenvalue weighted by Crippen LogP contribution is -2.39. The number of para-hydroxylation sites is 1. The van der Waals surface area contributed by atoms with E-state index in [1.807, 2.05) is 37.5 Å². The number of aromatic nitrogens is 1. The monoisotopic (exact) mass is 602 g/mol. The Morgan fingerprint density at radius 2 is 1.64 bits per heavy atom. The fourth-order valence-corrected chi connectivity index (χ4v) is 6.30. The van der Waals surface area contributed by atoms with Crippen LogP contribution in [0, 0.1) is 20.8 Å². The Morgan fingerprint density at radius 1 is 0.949 bits per heavy atom. The van der Waals surface area contributed by atoms with Gasteiger partial charge in [0.05, 0.1) is 32.5 Å². The summed E-state index contributed by atoms with van der Waals surface area (Å²) < 4.78 is 30.0. The van der Waals surface area contributed by atoms with E-state index < -0.39 is 22.5 Å². The zero-order chi connectivity index (χ0) is 28.3. The largest absolute Gasteiger partial charge is 0.316 e. The van der Waals surface area contributed by atoms with Gasteiger partial charge in [-0.15, -0.1) is 0 Å². The number of hydrogen-bond donors (Lipinski definition) is 1. The molecule has 1 N–H and O–H groups in total. The third kappa shape index (κ3) is 6.31. The van der Waals surface area contributed by atoms with Crippen molar-refractivity contribution in [3.63, 3.8) is 0 Å². The molecule has 1 heterocycles. The summed E-state index contributed by atoms with van der Waals surface area (Å²) in [6.45, 7) is 5.14. The van der Waals surface area contributed by atoms with Gasteiger partial charge in [-0.3, -0.25) is 9.10 Å². The summed E-state index contributed by atoms with van der Waals surface area (Å²) in [5.74, 6) is -0.642. The van der Waals surface area contributed by atoms with E-state index in [1.54, 1.807) is 48.5 Å². The molecule has 0 aliphatic heterocycles. The second kappa shape index (κ2) is 11.8. The van der Waals surface area contributed by atoms with E-state index in [0.29, 0.717) is 10.0 Å². The number of carbonyl (C=O) groups is 1. The molecule has 1 amide bonds. The van der Waals surface area contributed by atoms with Crippen LogP contribution < -0.4 is 9.73 Å². The molecule has 1 aromatic heterocycles. The topological polar surface area (TPSA) is 83.8 Å². The number of hydrazone groups is 1. The van der Waals surface area contributed by atoms with Gasteiger partial charge < -0.3 is 4.57 Å². The molecule has 0 bridgehead atoms. The maximum absolute atomic E-state index is 13.5. The number of amides is 1. The van der Waals surface area contributed by atoms with Crippen molar-refractivity contribution in [1.29, 1.82) is 0 Å². The van der Waals surface area contributed by atoms with Crippen molar-refractivity contribution in [1.82, 2.24) is 9.99 Å². The predicted molar refractivity (Wildman–Crippen MR) is 158 cm³/mol. The van der Waals surface area contributed by atoms with Crippen LogP contribution in [0.3, 0.4) is 0 Å². The highest BCUT2D eigenvalue weighted by molar-refractivity contribution is 7.92. The Balaban J connectivity index is 1.57.